The van der Waals surface area contributed by atoms with Gasteiger partial charge >= 0.3 is 0 Å². The molecule has 0 saturated carbocycles. The third-order valence-corrected chi connectivity index (χ3v) is 4.82. The summed E-state index contributed by atoms with van der Waals surface area (Å²) in [7, 11) is 0. The number of nitrogens with one attached hydrogen (secondary N) is 1. The summed E-state index contributed by atoms with van der Waals surface area (Å²) in [6.45, 7) is 3.50. The van der Waals surface area contributed by atoms with E-state index in [1.54, 1.807) is 0 Å². The van der Waals surface area contributed by atoms with Crippen molar-refractivity contribution in [3.63, 3.8) is 0 Å². The van der Waals surface area contributed by atoms with Crippen molar-refractivity contribution in [3.8, 4) is 28.5 Å². The highest BCUT2D eigenvalue weighted by Gasteiger charge is 2.15. The van der Waals surface area contributed by atoms with Gasteiger partial charge in [0.1, 0.15) is 25.6 Å². The van der Waals surface area contributed by atoms with E-state index in [-0.39, 0.29) is 6.04 Å². The molecule has 1 aliphatic rings. The summed E-state index contributed by atoms with van der Waals surface area (Å²) in [5, 5.41) is 7.90. The SMILES string of the molecule is C[C@H](N)COc1ccc(Nc2nc3cccc(-c4ccc5c(c4)OCCO5)n3n2)cc1. The second kappa shape index (κ2) is 8.16. The zero-order valence-corrected chi connectivity index (χ0v) is 17.1. The molecule has 3 N–H and O–H groups in total. The number of hydrogen-bond donors (Lipinski definition) is 2. The predicted molar refractivity (Wildman–Crippen MR) is 118 cm³/mol. The summed E-state index contributed by atoms with van der Waals surface area (Å²) in [4.78, 5) is 4.60. The first-order valence-electron chi connectivity index (χ1n) is 10.2. The number of anilines is 2. The zero-order valence-electron chi connectivity index (χ0n) is 17.1. The van der Waals surface area contributed by atoms with Crippen LogP contribution in [-0.2, 0) is 0 Å². The number of rotatable bonds is 6. The van der Waals surface area contributed by atoms with Crippen LogP contribution in [0.3, 0.4) is 0 Å². The molecule has 5 rings (SSSR count). The van der Waals surface area contributed by atoms with Gasteiger partial charge in [0.05, 0.1) is 5.69 Å². The Morgan fingerprint density at radius 3 is 2.68 bits per heavy atom. The Bertz CT molecular complexity index is 1200. The van der Waals surface area contributed by atoms with Crippen LogP contribution in [0.4, 0.5) is 11.6 Å². The van der Waals surface area contributed by atoms with Gasteiger partial charge in [0.2, 0.25) is 5.95 Å². The Kier molecular flexibility index (Phi) is 5.05. The molecule has 31 heavy (non-hydrogen) atoms. The van der Waals surface area contributed by atoms with Crippen molar-refractivity contribution in [1.29, 1.82) is 0 Å². The summed E-state index contributed by atoms with van der Waals surface area (Å²) in [5.74, 6) is 2.78. The number of aromatic nitrogens is 3. The molecule has 8 nitrogen and oxygen atoms in total. The van der Waals surface area contributed by atoms with E-state index in [9.17, 15) is 0 Å². The summed E-state index contributed by atoms with van der Waals surface area (Å²) < 4.78 is 18.8. The maximum Gasteiger partial charge on any atom is 0.247 e. The van der Waals surface area contributed by atoms with Crippen LogP contribution in [0.1, 0.15) is 6.92 Å². The second-order valence-corrected chi connectivity index (χ2v) is 7.41. The molecule has 2 aromatic heterocycles. The average molecular weight is 417 g/mol. The third kappa shape index (κ3) is 4.10. The second-order valence-electron chi connectivity index (χ2n) is 7.41. The topological polar surface area (TPSA) is 95.9 Å². The predicted octanol–water partition coefficient (Wildman–Crippen LogP) is 3.64. The minimum atomic E-state index is -0.0108. The van der Waals surface area contributed by atoms with Gasteiger partial charge in [-0.2, -0.15) is 4.98 Å². The van der Waals surface area contributed by atoms with E-state index in [4.69, 9.17) is 19.9 Å². The van der Waals surface area contributed by atoms with Crippen molar-refractivity contribution in [2.75, 3.05) is 25.1 Å². The van der Waals surface area contributed by atoms with Gasteiger partial charge in [-0.25, -0.2) is 4.52 Å². The standard InChI is InChI=1S/C23H23N5O3/c1-15(24)14-31-18-8-6-17(7-9-18)25-23-26-22-4-2-3-19(28(22)27-23)16-5-10-20-21(13-16)30-12-11-29-20/h2-10,13,15H,11-12,14,24H2,1H3,(H,25,27)/t15-/m0/s1. The quantitative estimate of drug-likeness (QED) is 0.494. The lowest BCUT2D eigenvalue weighted by Crippen LogP contribution is -2.23. The molecule has 2 aromatic carbocycles. The number of nitrogens with zero attached hydrogens (tertiary/aromatic N) is 3. The van der Waals surface area contributed by atoms with E-state index in [0.717, 1.165) is 39.8 Å². The molecule has 0 fully saturated rings. The highest BCUT2D eigenvalue weighted by Crippen LogP contribution is 2.34. The molecule has 0 spiro atoms. The minimum absolute atomic E-state index is 0.0108. The van der Waals surface area contributed by atoms with Crippen LogP contribution in [0.15, 0.2) is 60.7 Å². The molecule has 0 bridgehead atoms. The van der Waals surface area contributed by atoms with Crippen LogP contribution in [-0.4, -0.2) is 40.5 Å². The fourth-order valence-electron chi connectivity index (χ4n) is 3.37. The first-order chi connectivity index (χ1) is 15.2. The van der Waals surface area contributed by atoms with Crippen LogP contribution >= 0.6 is 0 Å². The monoisotopic (exact) mass is 417 g/mol. The van der Waals surface area contributed by atoms with Crippen LogP contribution < -0.4 is 25.3 Å². The molecule has 0 aliphatic carbocycles. The normalized spacial score (nSPS) is 13.7. The Morgan fingerprint density at radius 2 is 1.87 bits per heavy atom. The molecule has 4 aromatic rings. The van der Waals surface area contributed by atoms with E-state index in [0.29, 0.717) is 25.8 Å². The van der Waals surface area contributed by atoms with Crippen LogP contribution in [0.5, 0.6) is 17.2 Å². The summed E-state index contributed by atoms with van der Waals surface area (Å²) in [5.41, 5.74) is 9.22. The summed E-state index contributed by atoms with van der Waals surface area (Å²) in [6, 6.07) is 19.4. The minimum Gasteiger partial charge on any atom is -0.492 e. The molecule has 1 aliphatic heterocycles. The Hall–Kier alpha value is -3.78. The molecule has 8 heteroatoms. The Labute approximate surface area is 179 Å². The molecule has 158 valence electrons. The molecular formula is C23H23N5O3. The van der Waals surface area contributed by atoms with Gasteiger partial charge in [-0.05, 0) is 61.5 Å². The van der Waals surface area contributed by atoms with E-state index in [2.05, 4.69) is 15.4 Å². The zero-order chi connectivity index (χ0) is 21.2. The lowest BCUT2D eigenvalue weighted by atomic mass is 10.1. The number of nitrogens with two attached hydrogens (primary N) is 1. The van der Waals surface area contributed by atoms with Gasteiger partial charge < -0.3 is 25.3 Å². The maximum absolute atomic E-state index is 5.73. The largest absolute Gasteiger partial charge is 0.492 e. The van der Waals surface area contributed by atoms with Crippen molar-refractivity contribution >= 4 is 17.3 Å². The molecule has 0 saturated heterocycles. The number of hydrogen-bond acceptors (Lipinski definition) is 7. The Balaban J connectivity index is 1.40. The van der Waals surface area contributed by atoms with Crippen LogP contribution in [0, 0.1) is 0 Å². The third-order valence-electron chi connectivity index (χ3n) is 4.82. The number of pyridine rings is 1. The molecule has 0 unspecified atom stereocenters. The summed E-state index contributed by atoms with van der Waals surface area (Å²) in [6.07, 6.45) is 0. The van der Waals surface area contributed by atoms with Crippen molar-refractivity contribution in [1.82, 2.24) is 14.6 Å². The van der Waals surface area contributed by atoms with Crippen LogP contribution in [0.2, 0.25) is 0 Å². The fourth-order valence-corrected chi connectivity index (χ4v) is 3.37. The van der Waals surface area contributed by atoms with Crippen molar-refractivity contribution < 1.29 is 14.2 Å². The van der Waals surface area contributed by atoms with Gasteiger partial charge in [0.25, 0.3) is 0 Å². The molecule has 1 atom stereocenters. The molecular weight excluding hydrogens is 394 g/mol. The van der Waals surface area contributed by atoms with Crippen LogP contribution in [0.25, 0.3) is 16.9 Å². The van der Waals surface area contributed by atoms with Gasteiger partial charge in [0.15, 0.2) is 17.1 Å². The lowest BCUT2D eigenvalue weighted by molar-refractivity contribution is 0.171. The first kappa shape index (κ1) is 19.2. The van der Waals surface area contributed by atoms with Crippen molar-refractivity contribution in [2.45, 2.75) is 13.0 Å². The smallest absolute Gasteiger partial charge is 0.247 e. The van der Waals surface area contributed by atoms with Gasteiger partial charge in [-0.15, -0.1) is 5.10 Å². The van der Waals surface area contributed by atoms with Crippen molar-refractivity contribution in [2.24, 2.45) is 5.73 Å². The number of benzene rings is 2. The fraction of sp³-hybridized carbons (Fsp3) is 0.217. The average Bonchev–Trinajstić information content (AvgIpc) is 3.20. The molecule has 0 amide bonds. The highest BCUT2D eigenvalue weighted by molar-refractivity contribution is 5.68. The van der Waals surface area contributed by atoms with Gasteiger partial charge in [0, 0.05) is 17.3 Å². The molecule has 0 radical (unpaired) electrons. The lowest BCUT2D eigenvalue weighted by Gasteiger charge is -2.19. The molecule has 3 heterocycles. The van der Waals surface area contributed by atoms with E-state index >= 15 is 0 Å². The Morgan fingerprint density at radius 1 is 1.06 bits per heavy atom. The maximum atomic E-state index is 5.73. The van der Waals surface area contributed by atoms with Gasteiger partial charge in [-0.1, -0.05) is 6.07 Å². The van der Waals surface area contributed by atoms with E-state index in [1.165, 1.54) is 0 Å². The summed E-state index contributed by atoms with van der Waals surface area (Å²) >= 11 is 0. The highest BCUT2D eigenvalue weighted by atomic mass is 16.6. The number of fused-ring (bicyclic) bond motifs is 2. The van der Waals surface area contributed by atoms with E-state index in [1.807, 2.05) is 72.1 Å². The van der Waals surface area contributed by atoms with Gasteiger partial charge in [-0.3, -0.25) is 0 Å². The number of ether oxygens (including phenoxy) is 3. The van der Waals surface area contributed by atoms with Crippen molar-refractivity contribution in [3.05, 3.63) is 60.7 Å². The first-order valence-corrected chi connectivity index (χ1v) is 10.2. The van der Waals surface area contributed by atoms with E-state index < -0.39 is 0 Å².